The number of nitrogens with zero attached hydrogens (tertiary/aromatic N) is 2. The molecule has 4 nitrogen and oxygen atoms in total. The van der Waals surface area contributed by atoms with Crippen LogP contribution in [0.2, 0.25) is 0 Å². The van der Waals surface area contributed by atoms with Crippen LogP contribution in [0.1, 0.15) is 51.4 Å². The van der Waals surface area contributed by atoms with Gasteiger partial charge in [0.05, 0.1) is 0 Å². The molecule has 0 bridgehead atoms. The molecule has 2 N–H and O–H groups in total. The van der Waals surface area contributed by atoms with E-state index in [9.17, 15) is 4.79 Å². The molecule has 1 saturated carbocycles. The molecular weight excluding hydrogens is 333 g/mol. The summed E-state index contributed by atoms with van der Waals surface area (Å²) in [5, 5.41) is 0. The molecule has 0 aromatic heterocycles. The van der Waals surface area contributed by atoms with Gasteiger partial charge in [0.2, 0.25) is 5.91 Å². The van der Waals surface area contributed by atoms with E-state index >= 15 is 0 Å². The molecule has 0 unspecified atom stereocenters. The van der Waals surface area contributed by atoms with Crippen molar-refractivity contribution in [3.63, 3.8) is 0 Å². The van der Waals surface area contributed by atoms with Gasteiger partial charge in [-0.25, -0.2) is 0 Å². The highest BCUT2D eigenvalue weighted by Crippen LogP contribution is 2.39. The van der Waals surface area contributed by atoms with Gasteiger partial charge in [0.1, 0.15) is 0 Å². The van der Waals surface area contributed by atoms with Crippen LogP contribution in [0.3, 0.4) is 0 Å². The minimum atomic E-state index is 0. The second-order valence-electron chi connectivity index (χ2n) is 7.53. The van der Waals surface area contributed by atoms with Crippen molar-refractivity contribution in [1.29, 1.82) is 0 Å². The monoisotopic (exact) mass is 367 g/mol. The largest absolute Gasteiger partial charge is 0.343 e. The summed E-state index contributed by atoms with van der Waals surface area (Å²) in [5.74, 6) is 1.10. The fraction of sp³-hybridized carbons (Fsp3) is 0.941. The second kappa shape index (κ2) is 10.8. The highest BCUT2D eigenvalue weighted by atomic mass is 35.5. The number of carbonyl (C=O) groups is 1. The van der Waals surface area contributed by atoms with Crippen LogP contribution in [-0.4, -0.2) is 56.0 Å². The highest BCUT2D eigenvalue weighted by molar-refractivity contribution is 5.85. The first kappa shape index (κ1) is 23.0. The molecule has 0 aromatic rings. The molecule has 2 aliphatic rings. The smallest absolute Gasteiger partial charge is 0.223 e. The number of nitrogens with two attached hydrogens (primary N) is 1. The van der Waals surface area contributed by atoms with Crippen molar-refractivity contribution in [3.05, 3.63) is 0 Å². The lowest BCUT2D eigenvalue weighted by molar-refractivity contribution is -0.135. The van der Waals surface area contributed by atoms with Crippen LogP contribution in [-0.2, 0) is 4.79 Å². The predicted octanol–water partition coefficient (Wildman–Crippen LogP) is 2.93. The van der Waals surface area contributed by atoms with E-state index in [0.717, 1.165) is 51.2 Å². The number of amides is 1. The van der Waals surface area contributed by atoms with Gasteiger partial charge >= 0.3 is 0 Å². The van der Waals surface area contributed by atoms with Gasteiger partial charge in [0.25, 0.3) is 0 Å². The van der Waals surface area contributed by atoms with Crippen molar-refractivity contribution in [1.82, 2.24) is 9.80 Å². The number of hydrogen-bond acceptors (Lipinski definition) is 3. The van der Waals surface area contributed by atoms with Crippen LogP contribution in [0.4, 0.5) is 0 Å². The Bertz CT molecular complexity index is 339. The summed E-state index contributed by atoms with van der Waals surface area (Å²) in [5.41, 5.74) is 6.12. The molecule has 138 valence electrons. The van der Waals surface area contributed by atoms with Gasteiger partial charge in [0, 0.05) is 26.1 Å². The molecule has 0 aromatic carbocycles. The van der Waals surface area contributed by atoms with Crippen molar-refractivity contribution >= 4 is 30.7 Å². The number of rotatable bonds is 5. The summed E-state index contributed by atoms with van der Waals surface area (Å²) < 4.78 is 0. The maximum Gasteiger partial charge on any atom is 0.223 e. The van der Waals surface area contributed by atoms with Crippen LogP contribution in [0.15, 0.2) is 0 Å². The maximum atomic E-state index is 12.6. The fourth-order valence-electron chi connectivity index (χ4n) is 4.07. The molecule has 1 amide bonds. The normalized spacial score (nSPS) is 21.5. The van der Waals surface area contributed by atoms with E-state index in [2.05, 4.69) is 23.9 Å². The molecule has 6 heteroatoms. The Morgan fingerprint density at radius 3 is 2.17 bits per heavy atom. The minimum absolute atomic E-state index is 0. The third-order valence-electron chi connectivity index (χ3n) is 5.46. The molecule has 2 rings (SSSR count). The fourth-order valence-corrected chi connectivity index (χ4v) is 4.07. The van der Waals surface area contributed by atoms with E-state index in [4.69, 9.17) is 5.73 Å². The lowest BCUT2D eigenvalue weighted by Gasteiger charge is -2.39. The van der Waals surface area contributed by atoms with E-state index in [1.807, 2.05) is 0 Å². The Morgan fingerprint density at radius 2 is 1.70 bits per heavy atom. The molecule has 1 aliphatic heterocycles. The number of hydrogen-bond donors (Lipinski definition) is 1. The molecular formula is C17H35Cl2N3O. The van der Waals surface area contributed by atoms with Crippen LogP contribution >= 0.6 is 24.8 Å². The first-order valence-electron chi connectivity index (χ1n) is 8.67. The number of halogens is 2. The van der Waals surface area contributed by atoms with E-state index in [1.165, 1.54) is 19.3 Å². The summed E-state index contributed by atoms with van der Waals surface area (Å²) in [6, 6.07) is 0. The standard InChI is InChI=1S/C17H33N3O.2ClH/c1-19(2)13-15-6-10-20(11-7-15)16(21)12-17(14-18)8-4-3-5-9-17;;/h15H,3-14,18H2,1-2H3;2*1H. The maximum absolute atomic E-state index is 12.6. The summed E-state index contributed by atoms with van der Waals surface area (Å²) in [4.78, 5) is 17.0. The highest BCUT2D eigenvalue weighted by Gasteiger charge is 2.35. The Kier molecular flexibility index (Phi) is 10.7. The quantitative estimate of drug-likeness (QED) is 0.812. The Morgan fingerprint density at radius 1 is 1.13 bits per heavy atom. The summed E-state index contributed by atoms with van der Waals surface area (Å²) in [6.45, 7) is 3.71. The zero-order valence-corrected chi connectivity index (χ0v) is 16.4. The molecule has 1 heterocycles. The molecule has 1 aliphatic carbocycles. The first-order valence-corrected chi connectivity index (χ1v) is 8.67. The number of piperidine rings is 1. The molecule has 0 radical (unpaired) electrons. The first-order chi connectivity index (χ1) is 10.0. The predicted molar refractivity (Wildman–Crippen MR) is 102 cm³/mol. The van der Waals surface area contributed by atoms with Crippen molar-refractivity contribution in [2.75, 3.05) is 40.3 Å². The summed E-state index contributed by atoms with van der Waals surface area (Å²) in [6.07, 6.45) is 9.08. The van der Waals surface area contributed by atoms with Crippen molar-refractivity contribution < 1.29 is 4.79 Å². The van der Waals surface area contributed by atoms with Gasteiger partial charge in [-0.3, -0.25) is 4.79 Å². The Balaban J connectivity index is 0.00000242. The lowest BCUT2D eigenvalue weighted by atomic mass is 9.71. The number of carbonyl (C=O) groups excluding carboxylic acids is 1. The van der Waals surface area contributed by atoms with Crippen molar-refractivity contribution in [2.45, 2.75) is 51.4 Å². The lowest BCUT2D eigenvalue weighted by Crippen LogP contribution is -2.44. The second-order valence-corrected chi connectivity index (χ2v) is 7.53. The zero-order chi connectivity index (χ0) is 15.3. The third kappa shape index (κ3) is 6.77. The van der Waals surface area contributed by atoms with Crippen LogP contribution in [0, 0.1) is 11.3 Å². The van der Waals surface area contributed by atoms with Gasteiger partial charge < -0.3 is 15.5 Å². The van der Waals surface area contributed by atoms with Crippen LogP contribution in [0.25, 0.3) is 0 Å². The molecule has 0 spiro atoms. The summed E-state index contributed by atoms with van der Waals surface area (Å²) in [7, 11) is 4.26. The van der Waals surface area contributed by atoms with E-state index in [-0.39, 0.29) is 30.2 Å². The number of likely N-dealkylation sites (tertiary alicyclic amines) is 1. The van der Waals surface area contributed by atoms with Gasteiger partial charge in [-0.15, -0.1) is 24.8 Å². The van der Waals surface area contributed by atoms with Crippen LogP contribution < -0.4 is 5.73 Å². The van der Waals surface area contributed by atoms with E-state index in [1.54, 1.807) is 0 Å². The summed E-state index contributed by atoms with van der Waals surface area (Å²) >= 11 is 0. The van der Waals surface area contributed by atoms with Crippen LogP contribution in [0.5, 0.6) is 0 Å². The zero-order valence-electron chi connectivity index (χ0n) is 14.8. The van der Waals surface area contributed by atoms with Gasteiger partial charge in [0.15, 0.2) is 0 Å². The van der Waals surface area contributed by atoms with Crippen molar-refractivity contribution in [3.8, 4) is 0 Å². The Hall–Kier alpha value is -0.0300. The minimum Gasteiger partial charge on any atom is -0.343 e. The van der Waals surface area contributed by atoms with Crippen molar-refractivity contribution in [2.24, 2.45) is 17.1 Å². The molecule has 1 saturated heterocycles. The Labute approximate surface area is 154 Å². The van der Waals surface area contributed by atoms with Gasteiger partial charge in [-0.1, -0.05) is 19.3 Å². The molecule has 23 heavy (non-hydrogen) atoms. The third-order valence-corrected chi connectivity index (χ3v) is 5.46. The molecule has 2 fully saturated rings. The van der Waals surface area contributed by atoms with Gasteiger partial charge in [-0.05, 0) is 57.7 Å². The SMILES string of the molecule is CN(C)CC1CCN(C(=O)CC2(CN)CCCCC2)CC1.Cl.Cl. The molecule has 0 atom stereocenters. The average Bonchev–Trinajstić information content (AvgIpc) is 2.48. The average molecular weight is 368 g/mol. The van der Waals surface area contributed by atoms with E-state index < -0.39 is 0 Å². The van der Waals surface area contributed by atoms with Gasteiger partial charge in [-0.2, -0.15) is 0 Å². The van der Waals surface area contributed by atoms with E-state index in [0.29, 0.717) is 18.9 Å². The topological polar surface area (TPSA) is 49.6 Å².